The molecule has 1 fully saturated rings. The molecule has 0 aliphatic carbocycles. The summed E-state index contributed by atoms with van der Waals surface area (Å²) in [6, 6.07) is 20.6. The summed E-state index contributed by atoms with van der Waals surface area (Å²) in [4.78, 5) is 23.2. The van der Waals surface area contributed by atoms with Crippen LogP contribution in [-0.2, 0) is 19.6 Å². The number of aromatic nitrogens is 1. The lowest BCUT2D eigenvalue weighted by molar-refractivity contribution is -0.0294. The number of sulfonamides is 1. The molecule has 0 amide bonds. The van der Waals surface area contributed by atoms with Crippen molar-refractivity contribution < 1.29 is 31.9 Å². The molecule has 3 aromatic carbocycles. The van der Waals surface area contributed by atoms with Crippen LogP contribution in [0.15, 0.2) is 87.3 Å². The van der Waals surface area contributed by atoms with Crippen LogP contribution in [0, 0.1) is 6.92 Å². The smallest absolute Gasteiger partial charge is 0.268 e. The Hall–Kier alpha value is -4.32. The van der Waals surface area contributed by atoms with Gasteiger partial charge in [0.2, 0.25) is 10.0 Å². The van der Waals surface area contributed by atoms with Crippen LogP contribution in [0.2, 0.25) is 0 Å². The molecule has 0 unspecified atom stereocenters. The molecule has 0 atom stereocenters. The Morgan fingerprint density at radius 3 is 2.46 bits per heavy atom. The highest BCUT2D eigenvalue weighted by Gasteiger charge is 2.22. The van der Waals surface area contributed by atoms with Crippen LogP contribution >= 0.6 is 0 Å². The molecule has 0 radical (unpaired) electrons. The minimum absolute atomic E-state index is 0.0375. The molecule has 1 aliphatic rings. The minimum atomic E-state index is -3.86. The van der Waals surface area contributed by atoms with Gasteiger partial charge in [-0.2, -0.15) is 0 Å². The number of ether oxygens (including phenoxy) is 2. The van der Waals surface area contributed by atoms with Gasteiger partial charge in [-0.25, -0.2) is 18.5 Å². The molecule has 2 N–H and O–H groups in total. The second-order valence-electron chi connectivity index (χ2n) is 9.47. The molecule has 10 nitrogen and oxygen atoms in total. The zero-order valence-corrected chi connectivity index (χ0v) is 23.2. The Morgan fingerprint density at radius 1 is 1.02 bits per heavy atom. The van der Waals surface area contributed by atoms with Crippen molar-refractivity contribution >= 4 is 22.0 Å². The fourth-order valence-corrected chi connectivity index (χ4v) is 4.83. The quantitative estimate of drug-likeness (QED) is 0.162. The second kappa shape index (κ2) is 12.5. The Bertz CT molecular complexity index is 1640. The van der Waals surface area contributed by atoms with Crippen molar-refractivity contribution in [3.8, 4) is 28.3 Å². The summed E-state index contributed by atoms with van der Waals surface area (Å²) in [6.07, 6.45) is 3.27. The number of rotatable bonds is 10. The number of Topliss-reactive ketones (excluding diaryl/α,β-unsaturated/α-hetero) is 1. The number of oxime groups is 1. The highest BCUT2D eigenvalue weighted by Crippen LogP contribution is 2.33. The lowest BCUT2D eigenvalue weighted by Gasteiger charge is -2.19. The highest BCUT2D eigenvalue weighted by molar-refractivity contribution is 7.89. The van der Waals surface area contributed by atoms with Gasteiger partial charge in [0.1, 0.15) is 17.5 Å². The van der Waals surface area contributed by atoms with E-state index in [4.69, 9.17) is 23.9 Å². The number of nitrogens with zero attached hydrogens (tertiary/aromatic N) is 2. The molecule has 0 spiro atoms. The average molecular weight is 576 g/mol. The first-order valence-corrected chi connectivity index (χ1v) is 14.6. The summed E-state index contributed by atoms with van der Waals surface area (Å²) in [6.45, 7) is 2.90. The van der Waals surface area contributed by atoms with Gasteiger partial charge in [-0.1, -0.05) is 47.6 Å². The third-order valence-corrected chi connectivity index (χ3v) is 7.54. The summed E-state index contributed by atoms with van der Waals surface area (Å²) in [5, 5.41) is 9.36. The third-order valence-electron chi connectivity index (χ3n) is 6.61. The largest absolute Gasteiger partial charge is 0.485 e. The minimum Gasteiger partial charge on any atom is -0.485 e. The van der Waals surface area contributed by atoms with Crippen LogP contribution in [-0.4, -0.2) is 51.3 Å². The number of carbonyl (C=O) groups excluding carboxylic acids is 1. The van der Waals surface area contributed by atoms with Crippen molar-refractivity contribution in [2.24, 2.45) is 10.3 Å². The summed E-state index contributed by atoms with van der Waals surface area (Å²) >= 11 is 0. The summed E-state index contributed by atoms with van der Waals surface area (Å²) in [5.41, 5.74) is 3.31. The molecule has 41 heavy (non-hydrogen) atoms. The number of primary sulfonamides is 1. The second-order valence-corrected chi connectivity index (χ2v) is 11.0. The molecule has 5 rings (SSSR count). The monoisotopic (exact) mass is 575 g/mol. The van der Waals surface area contributed by atoms with Gasteiger partial charge in [0.15, 0.2) is 12.4 Å². The standard InChI is InChI=1S/C30H29N3O7S/c1-20-23(18-32-40-24-14-16-37-17-15-24)8-5-9-27(20)38-19-26(34)30-33-28(21-6-3-2-4-7-21)29(39-30)22-10-12-25(13-11-22)41(31,35)36/h2-13,18,24H,14-17,19H2,1H3,(H2,31,35,36). The normalized spacial score (nSPS) is 14.3. The van der Waals surface area contributed by atoms with E-state index in [1.54, 1.807) is 24.4 Å². The molecular weight excluding hydrogens is 546 g/mol. The van der Waals surface area contributed by atoms with Crippen LogP contribution in [0.25, 0.3) is 22.6 Å². The molecule has 212 valence electrons. The Balaban J connectivity index is 1.33. The van der Waals surface area contributed by atoms with E-state index in [1.807, 2.05) is 49.4 Å². The van der Waals surface area contributed by atoms with Crippen molar-refractivity contribution in [1.29, 1.82) is 0 Å². The van der Waals surface area contributed by atoms with E-state index >= 15 is 0 Å². The van der Waals surface area contributed by atoms with Gasteiger partial charge in [0, 0.05) is 29.5 Å². The van der Waals surface area contributed by atoms with E-state index in [9.17, 15) is 13.2 Å². The number of hydrogen-bond acceptors (Lipinski definition) is 9. The Morgan fingerprint density at radius 2 is 1.76 bits per heavy atom. The van der Waals surface area contributed by atoms with Crippen molar-refractivity contribution in [1.82, 2.24) is 4.98 Å². The first-order chi connectivity index (χ1) is 19.8. The summed E-state index contributed by atoms with van der Waals surface area (Å²) in [5.74, 6) is 0.243. The molecule has 1 aliphatic heterocycles. The van der Waals surface area contributed by atoms with E-state index in [-0.39, 0.29) is 23.5 Å². The number of ketones is 1. The highest BCUT2D eigenvalue weighted by atomic mass is 32.2. The maximum absolute atomic E-state index is 13.1. The molecule has 0 bridgehead atoms. The van der Waals surface area contributed by atoms with Crippen molar-refractivity contribution in [2.75, 3.05) is 19.8 Å². The maximum atomic E-state index is 13.1. The topological polar surface area (TPSA) is 143 Å². The van der Waals surface area contributed by atoms with E-state index in [1.165, 1.54) is 12.1 Å². The molecule has 4 aromatic rings. The molecule has 11 heteroatoms. The van der Waals surface area contributed by atoms with Crippen molar-refractivity contribution in [3.05, 3.63) is 89.8 Å². The summed E-state index contributed by atoms with van der Waals surface area (Å²) in [7, 11) is -3.86. The fourth-order valence-electron chi connectivity index (χ4n) is 4.31. The predicted octanol–water partition coefficient (Wildman–Crippen LogP) is 4.76. The van der Waals surface area contributed by atoms with Gasteiger partial charge in [0.05, 0.1) is 24.3 Å². The number of hydrogen-bond donors (Lipinski definition) is 1. The third kappa shape index (κ3) is 6.88. The Kier molecular flexibility index (Phi) is 8.58. The zero-order chi connectivity index (χ0) is 28.8. The number of benzene rings is 3. The van der Waals surface area contributed by atoms with Crippen LogP contribution in [0.3, 0.4) is 0 Å². The first kappa shape index (κ1) is 28.2. The van der Waals surface area contributed by atoms with E-state index in [2.05, 4.69) is 10.1 Å². The van der Waals surface area contributed by atoms with Gasteiger partial charge in [-0.3, -0.25) is 4.79 Å². The van der Waals surface area contributed by atoms with E-state index in [0.717, 1.165) is 29.5 Å². The van der Waals surface area contributed by atoms with Gasteiger partial charge in [-0.15, -0.1) is 0 Å². The van der Waals surface area contributed by atoms with Gasteiger partial charge < -0.3 is 18.7 Å². The number of nitrogens with two attached hydrogens (primary N) is 1. The van der Waals surface area contributed by atoms with Gasteiger partial charge in [-0.05, 0) is 42.8 Å². The molecule has 0 saturated carbocycles. The predicted molar refractivity (Wildman–Crippen MR) is 152 cm³/mol. The van der Waals surface area contributed by atoms with Gasteiger partial charge in [0.25, 0.3) is 11.7 Å². The van der Waals surface area contributed by atoms with E-state index < -0.39 is 15.8 Å². The SMILES string of the molecule is Cc1c(C=NOC2CCOCC2)cccc1OCC(=O)c1nc(-c2ccccc2)c(-c2ccc(S(N)(=O)=O)cc2)o1. The van der Waals surface area contributed by atoms with Crippen LogP contribution in [0.5, 0.6) is 5.75 Å². The van der Waals surface area contributed by atoms with Crippen molar-refractivity contribution in [2.45, 2.75) is 30.8 Å². The molecule has 1 aromatic heterocycles. The lowest BCUT2D eigenvalue weighted by Crippen LogP contribution is -2.21. The Labute approximate surface area is 237 Å². The van der Waals surface area contributed by atoms with E-state index in [0.29, 0.717) is 36.0 Å². The average Bonchev–Trinajstić information content (AvgIpc) is 3.44. The van der Waals surface area contributed by atoms with Crippen molar-refractivity contribution in [3.63, 3.8) is 0 Å². The molecular formula is C30H29N3O7S. The number of carbonyl (C=O) groups is 1. The summed E-state index contributed by atoms with van der Waals surface area (Å²) < 4.78 is 40.5. The number of oxazole rings is 1. The van der Waals surface area contributed by atoms with Crippen LogP contribution < -0.4 is 9.88 Å². The van der Waals surface area contributed by atoms with Crippen LogP contribution in [0.4, 0.5) is 0 Å². The maximum Gasteiger partial charge on any atom is 0.268 e. The first-order valence-electron chi connectivity index (χ1n) is 13.0. The molecule has 2 heterocycles. The van der Waals surface area contributed by atoms with Gasteiger partial charge >= 0.3 is 0 Å². The van der Waals surface area contributed by atoms with Crippen LogP contribution in [0.1, 0.15) is 34.7 Å². The fraction of sp³-hybridized carbons (Fsp3) is 0.233. The zero-order valence-electron chi connectivity index (χ0n) is 22.4. The molecule has 1 saturated heterocycles. The lowest BCUT2D eigenvalue weighted by atomic mass is 10.1.